The zero-order chi connectivity index (χ0) is 14.0. The van der Waals surface area contributed by atoms with Crippen LogP contribution in [-0.2, 0) is 9.53 Å². The summed E-state index contributed by atoms with van der Waals surface area (Å²) in [6.07, 6.45) is 2.42. The smallest absolute Gasteiger partial charge is 0.323 e. The minimum absolute atomic E-state index is 0.0833. The maximum atomic E-state index is 11.8. The third kappa shape index (κ3) is 7.11. The molecule has 0 aliphatic heterocycles. The average Bonchev–Trinajstić information content (AvgIpc) is 2.34. The van der Waals surface area contributed by atoms with Crippen molar-refractivity contribution in [1.29, 1.82) is 0 Å². The number of nitrogens with zero attached hydrogens (tertiary/aromatic N) is 1. The van der Waals surface area contributed by atoms with E-state index in [1.807, 2.05) is 13.8 Å². The van der Waals surface area contributed by atoms with Gasteiger partial charge in [-0.1, -0.05) is 6.92 Å². The van der Waals surface area contributed by atoms with Gasteiger partial charge >= 0.3 is 12.0 Å². The molecule has 0 bridgehead atoms. The Labute approximate surface area is 108 Å². The minimum atomic E-state index is -0.996. The molecular weight excluding hydrogens is 236 g/mol. The van der Waals surface area contributed by atoms with E-state index in [2.05, 4.69) is 5.32 Å². The van der Waals surface area contributed by atoms with E-state index >= 15 is 0 Å². The lowest BCUT2D eigenvalue weighted by atomic mass is 10.2. The number of carbonyl (C=O) groups excluding carboxylic acids is 1. The van der Waals surface area contributed by atoms with Crippen LogP contribution in [0.3, 0.4) is 0 Å². The highest BCUT2D eigenvalue weighted by atomic mass is 16.5. The quantitative estimate of drug-likeness (QED) is 0.613. The van der Waals surface area contributed by atoms with Gasteiger partial charge in [0.15, 0.2) is 0 Å². The van der Waals surface area contributed by atoms with Gasteiger partial charge < -0.3 is 20.1 Å². The molecule has 2 N–H and O–H groups in total. The van der Waals surface area contributed by atoms with Crippen LogP contribution < -0.4 is 5.32 Å². The summed E-state index contributed by atoms with van der Waals surface area (Å²) in [7, 11) is 1.64. The fourth-order valence-electron chi connectivity index (χ4n) is 1.46. The van der Waals surface area contributed by atoms with E-state index in [-0.39, 0.29) is 18.6 Å². The number of rotatable bonds is 9. The number of amides is 2. The Morgan fingerprint density at radius 3 is 2.56 bits per heavy atom. The summed E-state index contributed by atoms with van der Waals surface area (Å²) in [5.74, 6) is -0.996. The summed E-state index contributed by atoms with van der Waals surface area (Å²) >= 11 is 0. The van der Waals surface area contributed by atoms with E-state index in [1.54, 1.807) is 7.11 Å². The third-order valence-electron chi connectivity index (χ3n) is 2.74. The Bertz CT molecular complexity index is 258. The molecule has 0 radical (unpaired) electrons. The van der Waals surface area contributed by atoms with Crippen LogP contribution in [0.5, 0.6) is 0 Å². The molecule has 0 heterocycles. The molecule has 0 saturated carbocycles. The number of aliphatic carboxylic acids is 1. The van der Waals surface area contributed by atoms with Gasteiger partial charge in [-0.05, 0) is 26.2 Å². The van der Waals surface area contributed by atoms with Crippen LogP contribution in [0.4, 0.5) is 4.79 Å². The second kappa shape index (κ2) is 9.70. The van der Waals surface area contributed by atoms with Gasteiger partial charge in [-0.15, -0.1) is 0 Å². The van der Waals surface area contributed by atoms with Crippen molar-refractivity contribution in [2.45, 2.75) is 39.2 Å². The van der Waals surface area contributed by atoms with Crippen molar-refractivity contribution in [3.8, 4) is 0 Å². The monoisotopic (exact) mass is 260 g/mol. The van der Waals surface area contributed by atoms with E-state index < -0.39 is 5.97 Å². The van der Waals surface area contributed by atoms with Crippen LogP contribution in [0.2, 0.25) is 0 Å². The largest absolute Gasteiger partial charge is 0.480 e. The van der Waals surface area contributed by atoms with Gasteiger partial charge in [0.25, 0.3) is 0 Å². The van der Waals surface area contributed by atoms with Crippen LogP contribution in [0.25, 0.3) is 0 Å². The Kier molecular flexibility index (Phi) is 9.00. The third-order valence-corrected chi connectivity index (χ3v) is 2.74. The number of carbonyl (C=O) groups is 2. The zero-order valence-electron chi connectivity index (χ0n) is 11.4. The molecule has 1 atom stereocenters. The molecule has 0 aromatic carbocycles. The van der Waals surface area contributed by atoms with Crippen LogP contribution in [-0.4, -0.2) is 54.9 Å². The predicted molar refractivity (Wildman–Crippen MR) is 68.6 cm³/mol. The van der Waals surface area contributed by atoms with Gasteiger partial charge in [0.2, 0.25) is 0 Å². The molecule has 0 aromatic rings. The van der Waals surface area contributed by atoms with Crippen molar-refractivity contribution in [3.05, 3.63) is 0 Å². The van der Waals surface area contributed by atoms with Gasteiger partial charge in [0.05, 0.1) is 0 Å². The summed E-state index contributed by atoms with van der Waals surface area (Å²) in [6.45, 7) is 4.70. The van der Waals surface area contributed by atoms with Crippen molar-refractivity contribution in [3.63, 3.8) is 0 Å². The molecule has 0 aromatic heterocycles. The summed E-state index contributed by atoms with van der Waals surface area (Å²) in [4.78, 5) is 23.9. The second-order valence-electron chi connectivity index (χ2n) is 4.21. The molecule has 6 heteroatoms. The Hall–Kier alpha value is -1.30. The number of carboxylic acids is 1. The number of ether oxygens (including phenoxy) is 1. The summed E-state index contributed by atoms with van der Waals surface area (Å²) in [5, 5.41) is 11.5. The van der Waals surface area contributed by atoms with Gasteiger partial charge in [0, 0.05) is 26.3 Å². The molecule has 2 amide bonds. The first-order valence-corrected chi connectivity index (χ1v) is 6.28. The molecule has 18 heavy (non-hydrogen) atoms. The zero-order valence-corrected chi connectivity index (χ0v) is 11.4. The van der Waals surface area contributed by atoms with E-state index in [4.69, 9.17) is 9.84 Å². The number of methoxy groups -OCH3 is 1. The van der Waals surface area contributed by atoms with E-state index in [0.717, 1.165) is 19.3 Å². The lowest BCUT2D eigenvalue weighted by Gasteiger charge is -2.27. The van der Waals surface area contributed by atoms with Crippen molar-refractivity contribution in [1.82, 2.24) is 10.2 Å². The summed E-state index contributed by atoms with van der Waals surface area (Å²) < 4.78 is 4.90. The number of urea groups is 1. The van der Waals surface area contributed by atoms with Crippen LogP contribution in [0, 0.1) is 0 Å². The first-order valence-electron chi connectivity index (χ1n) is 6.28. The highest BCUT2D eigenvalue weighted by Crippen LogP contribution is 2.03. The predicted octanol–water partition coefficient (Wildman–Crippen LogP) is 1.31. The molecule has 0 rings (SSSR count). The number of nitrogens with one attached hydrogen (secondary N) is 1. The molecule has 0 spiro atoms. The first-order chi connectivity index (χ1) is 8.52. The lowest BCUT2D eigenvalue weighted by Crippen LogP contribution is -2.47. The highest BCUT2D eigenvalue weighted by molar-refractivity contribution is 5.80. The maximum absolute atomic E-state index is 11.8. The standard InChI is InChI=1S/C12H24N2O4/c1-4-10(2)14(9-11(15)16)12(17)13-7-5-6-8-18-3/h10H,4-9H2,1-3H3,(H,13,17)(H,15,16). The topological polar surface area (TPSA) is 78.9 Å². The molecule has 0 fully saturated rings. The Morgan fingerprint density at radius 2 is 2.06 bits per heavy atom. The van der Waals surface area contributed by atoms with E-state index in [0.29, 0.717) is 13.2 Å². The maximum Gasteiger partial charge on any atom is 0.323 e. The summed E-state index contributed by atoms with van der Waals surface area (Å²) in [5.41, 5.74) is 0. The molecule has 0 aliphatic carbocycles. The van der Waals surface area contributed by atoms with Gasteiger partial charge in [-0.3, -0.25) is 4.79 Å². The van der Waals surface area contributed by atoms with Crippen LogP contribution >= 0.6 is 0 Å². The fourth-order valence-corrected chi connectivity index (χ4v) is 1.46. The van der Waals surface area contributed by atoms with Gasteiger partial charge in [0.1, 0.15) is 6.54 Å². The number of unbranched alkanes of at least 4 members (excludes halogenated alkanes) is 1. The molecule has 6 nitrogen and oxygen atoms in total. The number of hydrogen-bond acceptors (Lipinski definition) is 3. The SMILES string of the molecule is CCC(C)N(CC(=O)O)C(=O)NCCCCOC. The van der Waals surface area contributed by atoms with Crippen molar-refractivity contribution in [2.75, 3.05) is 26.8 Å². The Balaban J connectivity index is 4.09. The molecular formula is C12H24N2O4. The fraction of sp³-hybridized carbons (Fsp3) is 0.833. The van der Waals surface area contributed by atoms with Crippen LogP contribution in [0.1, 0.15) is 33.1 Å². The van der Waals surface area contributed by atoms with Gasteiger partial charge in [-0.2, -0.15) is 0 Å². The minimum Gasteiger partial charge on any atom is -0.480 e. The highest BCUT2D eigenvalue weighted by Gasteiger charge is 2.20. The van der Waals surface area contributed by atoms with E-state index in [9.17, 15) is 9.59 Å². The lowest BCUT2D eigenvalue weighted by molar-refractivity contribution is -0.138. The molecule has 0 aliphatic rings. The first kappa shape index (κ1) is 16.7. The normalized spacial score (nSPS) is 11.9. The number of hydrogen-bond donors (Lipinski definition) is 2. The molecule has 0 saturated heterocycles. The van der Waals surface area contributed by atoms with Crippen molar-refractivity contribution in [2.24, 2.45) is 0 Å². The summed E-state index contributed by atoms with van der Waals surface area (Å²) in [6, 6.07) is -0.399. The van der Waals surface area contributed by atoms with Crippen molar-refractivity contribution >= 4 is 12.0 Å². The Morgan fingerprint density at radius 1 is 1.39 bits per heavy atom. The van der Waals surface area contributed by atoms with Gasteiger partial charge in [-0.25, -0.2) is 4.79 Å². The molecule has 106 valence electrons. The average molecular weight is 260 g/mol. The van der Waals surface area contributed by atoms with Crippen LogP contribution in [0.15, 0.2) is 0 Å². The number of carboxylic acid groups (broad SMARTS) is 1. The second-order valence-corrected chi connectivity index (χ2v) is 4.21. The van der Waals surface area contributed by atoms with Crippen molar-refractivity contribution < 1.29 is 19.4 Å². The van der Waals surface area contributed by atoms with E-state index in [1.165, 1.54) is 4.90 Å². The molecule has 1 unspecified atom stereocenters.